The predicted octanol–water partition coefficient (Wildman–Crippen LogP) is 1.68. The standard InChI is InChI=1S/C12H18F2N2O2S/c1-3-16(4-2)19(17,18)15-9-8-10-11(13)6-5-7-12(10)14/h5-7,15H,3-4,8-9H2,1-2H3. The quantitative estimate of drug-likeness (QED) is 0.831. The van der Waals surface area contributed by atoms with Gasteiger partial charge in [0.15, 0.2) is 0 Å². The average molecular weight is 292 g/mol. The van der Waals surface area contributed by atoms with Crippen LogP contribution in [-0.2, 0) is 16.6 Å². The van der Waals surface area contributed by atoms with Crippen molar-refractivity contribution in [2.75, 3.05) is 19.6 Å². The molecule has 0 saturated heterocycles. The van der Waals surface area contributed by atoms with Gasteiger partial charge >= 0.3 is 0 Å². The first-order valence-corrected chi connectivity index (χ1v) is 7.54. The Morgan fingerprint density at radius 1 is 1.16 bits per heavy atom. The molecule has 1 aromatic carbocycles. The van der Waals surface area contributed by atoms with Crippen LogP contribution in [0.25, 0.3) is 0 Å². The number of halogens is 2. The Kier molecular flexibility index (Phi) is 5.84. The van der Waals surface area contributed by atoms with Crippen molar-refractivity contribution >= 4 is 10.2 Å². The molecule has 0 aliphatic carbocycles. The maximum Gasteiger partial charge on any atom is 0.279 e. The van der Waals surface area contributed by atoms with E-state index < -0.39 is 21.8 Å². The van der Waals surface area contributed by atoms with E-state index in [2.05, 4.69) is 4.72 Å². The van der Waals surface area contributed by atoms with E-state index in [4.69, 9.17) is 0 Å². The molecule has 0 fully saturated rings. The van der Waals surface area contributed by atoms with Crippen LogP contribution in [-0.4, -0.2) is 32.4 Å². The maximum absolute atomic E-state index is 13.3. The summed E-state index contributed by atoms with van der Waals surface area (Å²) in [5.74, 6) is -1.33. The first kappa shape index (κ1) is 16.0. The van der Waals surface area contributed by atoms with Gasteiger partial charge < -0.3 is 0 Å². The molecule has 0 atom stereocenters. The molecule has 0 saturated carbocycles. The van der Waals surface area contributed by atoms with Crippen LogP contribution >= 0.6 is 0 Å². The van der Waals surface area contributed by atoms with Crippen molar-refractivity contribution in [3.05, 3.63) is 35.4 Å². The molecule has 0 aromatic heterocycles. The summed E-state index contributed by atoms with van der Waals surface area (Å²) in [7, 11) is -3.58. The van der Waals surface area contributed by atoms with Gasteiger partial charge in [0, 0.05) is 25.2 Å². The summed E-state index contributed by atoms with van der Waals surface area (Å²) in [4.78, 5) is 0. The summed E-state index contributed by atoms with van der Waals surface area (Å²) >= 11 is 0. The zero-order valence-corrected chi connectivity index (χ0v) is 11.8. The minimum atomic E-state index is -3.58. The molecule has 1 rings (SSSR count). The molecular weight excluding hydrogens is 274 g/mol. The molecule has 0 radical (unpaired) electrons. The largest absolute Gasteiger partial charge is 0.279 e. The lowest BCUT2D eigenvalue weighted by atomic mass is 10.1. The van der Waals surface area contributed by atoms with Crippen LogP contribution in [0.4, 0.5) is 8.78 Å². The molecular formula is C12H18F2N2O2S. The first-order valence-electron chi connectivity index (χ1n) is 6.10. The molecule has 108 valence electrons. The van der Waals surface area contributed by atoms with Crippen molar-refractivity contribution in [2.24, 2.45) is 0 Å². The van der Waals surface area contributed by atoms with Crippen molar-refractivity contribution in [1.82, 2.24) is 9.03 Å². The third-order valence-electron chi connectivity index (χ3n) is 2.77. The third-order valence-corrected chi connectivity index (χ3v) is 4.53. The van der Waals surface area contributed by atoms with Gasteiger partial charge in [0.25, 0.3) is 10.2 Å². The topological polar surface area (TPSA) is 49.4 Å². The SMILES string of the molecule is CCN(CC)S(=O)(=O)NCCc1c(F)cccc1F. The second-order valence-corrected chi connectivity index (χ2v) is 5.69. The van der Waals surface area contributed by atoms with E-state index in [1.807, 2.05) is 0 Å². The van der Waals surface area contributed by atoms with Crippen LogP contribution in [0.3, 0.4) is 0 Å². The van der Waals surface area contributed by atoms with Gasteiger partial charge in [0.05, 0.1) is 0 Å². The number of hydrogen-bond acceptors (Lipinski definition) is 2. The van der Waals surface area contributed by atoms with E-state index in [-0.39, 0.29) is 18.5 Å². The van der Waals surface area contributed by atoms with Gasteiger partial charge in [0.2, 0.25) is 0 Å². The zero-order chi connectivity index (χ0) is 14.5. The minimum absolute atomic E-state index is 0.0288. The summed E-state index contributed by atoms with van der Waals surface area (Å²) in [5.41, 5.74) is -0.107. The Bertz CT molecular complexity index is 496. The van der Waals surface area contributed by atoms with Gasteiger partial charge in [-0.3, -0.25) is 0 Å². The highest BCUT2D eigenvalue weighted by molar-refractivity contribution is 7.87. The highest BCUT2D eigenvalue weighted by Crippen LogP contribution is 2.12. The van der Waals surface area contributed by atoms with Gasteiger partial charge in [-0.2, -0.15) is 12.7 Å². The Balaban J connectivity index is 2.64. The Morgan fingerprint density at radius 3 is 2.16 bits per heavy atom. The first-order chi connectivity index (χ1) is 8.92. The third kappa shape index (κ3) is 4.22. The number of hydrogen-bond donors (Lipinski definition) is 1. The van der Waals surface area contributed by atoms with E-state index in [1.165, 1.54) is 10.4 Å². The molecule has 0 bridgehead atoms. The number of nitrogens with zero attached hydrogens (tertiary/aromatic N) is 1. The Labute approximate surface area is 112 Å². The fraction of sp³-hybridized carbons (Fsp3) is 0.500. The fourth-order valence-corrected chi connectivity index (χ4v) is 2.95. The van der Waals surface area contributed by atoms with Gasteiger partial charge in [-0.15, -0.1) is 0 Å². The summed E-state index contributed by atoms with van der Waals surface area (Å²) in [6.45, 7) is 4.09. The lowest BCUT2D eigenvalue weighted by Gasteiger charge is -2.18. The summed E-state index contributed by atoms with van der Waals surface area (Å²) < 4.78 is 53.8. The van der Waals surface area contributed by atoms with Gasteiger partial charge in [-0.1, -0.05) is 19.9 Å². The van der Waals surface area contributed by atoms with Crippen LogP contribution < -0.4 is 4.72 Å². The van der Waals surface area contributed by atoms with Crippen molar-refractivity contribution in [3.63, 3.8) is 0 Å². The smallest absolute Gasteiger partial charge is 0.207 e. The predicted molar refractivity (Wildman–Crippen MR) is 69.9 cm³/mol. The van der Waals surface area contributed by atoms with Crippen LogP contribution in [0.1, 0.15) is 19.4 Å². The van der Waals surface area contributed by atoms with E-state index in [9.17, 15) is 17.2 Å². The Morgan fingerprint density at radius 2 is 1.68 bits per heavy atom. The Hall–Kier alpha value is -1.05. The molecule has 1 aromatic rings. The van der Waals surface area contributed by atoms with Gasteiger partial charge in [0.1, 0.15) is 11.6 Å². The van der Waals surface area contributed by atoms with Crippen molar-refractivity contribution in [3.8, 4) is 0 Å². The summed E-state index contributed by atoms with van der Waals surface area (Å²) in [6, 6.07) is 3.57. The van der Waals surface area contributed by atoms with Crippen LogP contribution in [0, 0.1) is 11.6 Å². The summed E-state index contributed by atoms with van der Waals surface area (Å²) in [6.07, 6.45) is -0.0288. The normalized spacial score (nSPS) is 12.1. The molecule has 19 heavy (non-hydrogen) atoms. The molecule has 7 heteroatoms. The van der Waals surface area contributed by atoms with Crippen molar-refractivity contribution in [1.29, 1.82) is 0 Å². The van der Waals surface area contributed by atoms with Crippen molar-refractivity contribution < 1.29 is 17.2 Å². The molecule has 4 nitrogen and oxygen atoms in total. The van der Waals surface area contributed by atoms with Crippen LogP contribution in [0.2, 0.25) is 0 Å². The van der Waals surface area contributed by atoms with E-state index >= 15 is 0 Å². The number of nitrogens with one attached hydrogen (secondary N) is 1. The van der Waals surface area contributed by atoms with E-state index in [0.717, 1.165) is 12.1 Å². The molecule has 0 heterocycles. The number of benzene rings is 1. The lowest BCUT2D eigenvalue weighted by molar-refractivity contribution is 0.434. The van der Waals surface area contributed by atoms with E-state index in [1.54, 1.807) is 13.8 Å². The van der Waals surface area contributed by atoms with Gasteiger partial charge in [-0.25, -0.2) is 13.5 Å². The van der Waals surface area contributed by atoms with Crippen LogP contribution in [0.15, 0.2) is 18.2 Å². The van der Waals surface area contributed by atoms with Crippen molar-refractivity contribution in [2.45, 2.75) is 20.3 Å². The minimum Gasteiger partial charge on any atom is -0.207 e. The summed E-state index contributed by atoms with van der Waals surface area (Å²) in [5, 5.41) is 0. The molecule has 0 unspecified atom stereocenters. The second kappa shape index (κ2) is 6.93. The molecule has 0 spiro atoms. The highest BCUT2D eigenvalue weighted by atomic mass is 32.2. The zero-order valence-electron chi connectivity index (χ0n) is 11.0. The molecule has 0 amide bonds. The average Bonchev–Trinajstić information content (AvgIpc) is 2.34. The maximum atomic E-state index is 13.3. The molecule has 0 aliphatic rings. The molecule has 1 N–H and O–H groups in total. The fourth-order valence-electron chi connectivity index (χ4n) is 1.73. The second-order valence-electron chi connectivity index (χ2n) is 3.93. The lowest BCUT2D eigenvalue weighted by Crippen LogP contribution is -2.41. The van der Waals surface area contributed by atoms with Gasteiger partial charge in [-0.05, 0) is 18.6 Å². The molecule has 0 aliphatic heterocycles. The highest BCUT2D eigenvalue weighted by Gasteiger charge is 2.18. The monoisotopic (exact) mass is 292 g/mol. The number of rotatable bonds is 7. The van der Waals surface area contributed by atoms with Crippen LogP contribution in [0.5, 0.6) is 0 Å². The van der Waals surface area contributed by atoms with E-state index in [0.29, 0.717) is 13.1 Å².